The number of nitrogens with one attached hydrogen (secondary N) is 1. The van der Waals surface area contributed by atoms with Crippen molar-refractivity contribution in [1.82, 2.24) is 5.32 Å². The van der Waals surface area contributed by atoms with Crippen molar-refractivity contribution < 1.29 is 17.9 Å². The molecule has 6 heteroatoms. The maximum Gasteiger partial charge on any atom is 0.257 e. The van der Waals surface area contributed by atoms with Crippen molar-refractivity contribution in [3.8, 4) is 5.75 Å². The van der Waals surface area contributed by atoms with E-state index in [1.807, 2.05) is 32.0 Å². The van der Waals surface area contributed by atoms with E-state index in [4.69, 9.17) is 4.74 Å². The highest BCUT2D eigenvalue weighted by Crippen LogP contribution is 2.22. The minimum Gasteiger partial charge on any atom is -0.484 e. The minimum atomic E-state index is -2.80. The number of hydrogen-bond donors (Lipinski definition) is 1. The average molecular weight is 339 g/mol. The van der Waals surface area contributed by atoms with E-state index < -0.39 is 9.84 Å². The predicted molar refractivity (Wildman–Crippen MR) is 90.4 cm³/mol. The summed E-state index contributed by atoms with van der Waals surface area (Å²) in [5.41, 5.74) is 2.32. The molecule has 2 rings (SSSR count). The van der Waals surface area contributed by atoms with Crippen LogP contribution in [0.3, 0.4) is 0 Å². The Bertz CT molecular complexity index is 655. The van der Waals surface area contributed by atoms with Gasteiger partial charge in [0.1, 0.15) is 5.75 Å². The van der Waals surface area contributed by atoms with Crippen LogP contribution in [0, 0.1) is 19.8 Å². The van der Waals surface area contributed by atoms with Crippen molar-refractivity contribution in [2.45, 2.75) is 33.1 Å². The number of ether oxygens (including phenoxy) is 1. The van der Waals surface area contributed by atoms with E-state index in [1.54, 1.807) is 0 Å². The molecule has 1 unspecified atom stereocenters. The summed E-state index contributed by atoms with van der Waals surface area (Å²) >= 11 is 0. The molecule has 128 valence electrons. The van der Waals surface area contributed by atoms with Crippen molar-refractivity contribution in [2.24, 2.45) is 5.92 Å². The van der Waals surface area contributed by atoms with Crippen LogP contribution < -0.4 is 10.1 Å². The fraction of sp³-hybridized carbons (Fsp3) is 0.588. The van der Waals surface area contributed by atoms with Crippen LogP contribution in [0.25, 0.3) is 0 Å². The Labute approximate surface area is 138 Å². The first kappa shape index (κ1) is 17.8. The maximum absolute atomic E-state index is 11.7. The van der Waals surface area contributed by atoms with Crippen LogP contribution in [-0.2, 0) is 14.6 Å². The highest BCUT2D eigenvalue weighted by Gasteiger charge is 2.27. The zero-order chi connectivity index (χ0) is 16.9. The molecule has 0 saturated carbocycles. The van der Waals surface area contributed by atoms with Gasteiger partial charge in [-0.2, -0.15) is 0 Å². The minimum absolute atomic E-state index is 0.000306. The molecule has 0 aromatic heterocycles. The first-order valence-corrected chi connectivity index (χ1v) is 9.85. The third-order valence-corrected chi connectivity index (χ3v) is 6.12. The van der Waals surface area contributed by atoms with Gasteiger partial charge in [0.05, 0.1) is 11.5 Å². The number of carbonyl (C=O) groups is 1. The average Bonchev–Trinajstić information content (AvgIpc) is 2.84. The third kappa shape index (κ3) is 5.86. The second-order valence-electron chi connectivity index (χ2n) is 6.30. The number of hydrogen-bond acceptors (Lipinski definition) is 4. The Kier molecular flexibility index (Phi) is 6.04. The van der Waals surface area contributed by atoms with E-state index in [1.165, 1.54) is 5.56 Å². The molecule has 0 bridgehead atoms. The van der Waals surface area contributed by atoms with Crippen molar-refractivity contribution in [1.29, 1.82) is 0 Å². The zero-order valence-corrected chi connectivity index (χ0v) is 14.6. The summed E-state index contributed by atoms with van der Waals surface area (Å²) in [6, 6.07) is 5.75. The van der Waals surface area contributed by atoms with Gasteiger partial charge in [0.25, 0.3) is 5.91 Å². The summed E-state index contributed by atoms with van der Waals surface area (Å²) in [7, 11) is -2.80. The normalized spacial score (nSPS) is 19.5. The van der Waals surface area contributed by atoms with Gasteiger partial charge in [-0.3, -0.25) is 4.79 Å². The third-order valence-electron chi connectivity index (χ3n) is 4.29. The van der Waals surface area contributed by atoms with Gasteiger partial charge in [0, 0.05) is 6.54 Å². The van der Waals surface area contributed by atoms with Crippen molar-refractivity contribution in [3.05, 3.63) is 29.3 Å². The molecule has 1 heterocycles. The number of benzene rings is 1. The molecule has 0 radical (unpaired) electrons. The molecule has 1 amide bonds. The summed E-state index contributed by atoms with van der Waals surface area (Å²) in [5, 5.41) is 2.81. The van der Waals surface area contributed by atoms with Crippen molar-refractivity contribution >= 4 is 15.7 Å². The summed E-state index contributed by atoms with van der Waals surface area (Å²) in [4.78, 5) is 11.7. The van der Waals surface area contributed by atoms with Crippen LogP contribution in [0.2, 0.25) is 0 Å². The van der Waals surface area contributed by atoms with Gasteiger partial charge in [-0.1, -0.05) is 6.07 Å². The zero-order valence-electron chi connectivity index (χ0n) is 13.8. The van der Waals surface area contributed by atoms with E-state index in [0.29, 0.717) is 23.8 Å². The fourth-order valence-electron chi connectivity index (χ4n) is 2.72. The largest absolute Gasteiger partial charge is 0.484 e. The number of carbonyl (C=O) groups excluding carboxylic acids is 1. The molecule has 0 spiro atoms. The molecule has 1 aliphatic rings. The quantitative estimate of drug-likeness (QED) is 0.771. The van der Waals surface area contributed by atoms with E-state index in [2.05, 4.69) is 5.32 Å². The van der Waals surface area contributed by atoms with E-state index in [-0.39, 0.29) is 18.4 Å². The van der Waals surface area contributed by atoms with E-state index in [9.17, 15) is 13.2 Å². The molecule has 0 aliphatic carbocycles. The number of rotatable bonds is 7. The van der Waals surface area contributed by atoms with Gasteiger partial charge in [0.2, 0.25) is 0 Å². The van der Waals surface area contributed by atoms with Crippen LogP contribution in [0.15, 0.2) is 18.2 Å². The lowest BCUT2D eigenvalue weighted by Crippen LogP contribution is -2.30. The molecule has 1 aromatic carbocycles. The SMILES string of the molecule is Cc1ccc(OCC(=O)NCCCC2CCS(=O)(=O)C2)cc1C. The summed E-state index contributed by atoms with van der Waals surface area (Å²) in [6.45, 7) is 4.60. The Hall–Kier alpha value is -1.56. The fourth-order valence-corrected chi connectivity index (χ4v) is 4.63. The molecule has 1 N–H and O–H groups in total. The highest BCUT2D eigenvalue weighted by molar-refractivity contribution is 7.91. The molecule has 5 nitrogen and oxygen atoms in total. The van der Waals surface area contributed by atoms with Crippen molar-refractivity contribution in [3.63, 3.8) is 0 Å². The number of amides is 1. The lowest BCUT2D eigenvalue weighted by molar-refractivity contribution is -0.123. The molecule has 1 saturated heterocycles. The lowest BCUT2D eigenvalue weighted by atomic mass is 10.0. The first-order chi connectivity index (χ1) is 10.9. The monoisotopic (exact) mass is 339 g/mol. The Morgan fingerprint density at radius 1 is 1.30 bits per heavy atom. The summed E-state index contributed by atoms with van der Waals surface area (Å²) in [6.07, 6.45) is 2.40. The summed E-state index contributed by atoms with van der Waals surface area (Å²) < 4.78 is 28.2. The Morgan fingerprint density at radius 3 is 2.74 bits per heavy atom. The standard InChI is InChI=1S/C17H25NO4S/c1-13-5-6-16(10-14(13)2)22-11-17(19)18-8-3-4-15-7-9-23(20,21)12-15/h5-6,10,15H,3-4,7-9,11-12H2,1-2H3,(H,18,19). The van der Waals surface area contributed by atoms with Crippen LogP contribution in [-0.4, -0.2) is 39.0 Å². The predicted octanol–water partition coefficient (Wildman–Crippen LogP) is 2.01. The van der Waals surface area contributed by atoms with Gasteiger partial charge in [-0.05, 0) is 62.3 Å². The van der Waals surface area contributed by atoms with Crippen molar-refractivity contribution in [2.75, 3.05) is 24.7 Å². The molecule has 1 fully saturated rings. The summed E-state index contributed by atoms with van der Waals surface area (Å²) in [5.74, 6) is 1.41. The highest BCUT2D eigenvalue weighted by atomic mass is 32.2. The van der Waals surface area contributed by atoms with E-state index >= 15 is 0 Å². The van der Waals surface area contributed by atoms with Gasteiger partial charge in [-0.15, -0.1) is 0 Å². The second kappa shape index (κ2) is 7.81. The van der Waals surface area contributed by atoms with Gasteiger partial charge in [0.15, 0.2) is 16.4 Å². The van der Waals surface area contributed by atoms with Gasteiger partial charge in [-0.25, -0.2) is 8.42 Å². The Balaban J connectivity index is 1.61. The van der Waals surface area contributed by atoms with Crippen LogP contribution in [0.1, 0.15) is 30.4 Å². The van der Waals surface area contributed by atoms with Crippen LogP contribution in [0.4, 0.5) is 0 Å². The maximum atomic E-state index is 11.7. The van der Waals surface area contributed by atoms with Crippen LogP contribution >= 0.6 is 0 Å². The molecule has 1 aromatic rings. The smallest absolute Gasteiger partial charge is 0.257 e. The lowest BCUT2D eigenvalue weighted by Gasteiger charge is -2.10. The molecule has 23 heavy (non-hydrogen) atoms. The number of sulfone groups is 1. The molecule has 1 atom stereocenters. The Morgan fingerprint density at radius 2 is 2.09 bits per heavy atom. The van der Waals surface area contributed by atoms with Gasteiger partial charge < -0.3 is 10.1 Å². The topological polar surface area (TPSA) is 72.5 Å². The van der Waals surface area contributed by atoms with Gasteiger partial charge >= 0.3 is 0 Å². The van der Waals surface area contributed by atoms with Crippen LogP contribution in [0.5, 0.6) is 5.75 Å². The molecular weight excluding hydrogens is 314 g/mol. The van der Waals surface area contributed by atoms with E-state index in [0.717, 1.165) is 24.8 Å². The molecule has 1 aliphatic heterocycles. The number of aryl methyl sites for hydroxylation is 2. The first-order valence-electron chi connectivity index (χ1n) is 8.03. The second-order valence-corrected chi connectivity index (χ2v) is 8.52. The molecular formula is C17H25NO4S.